The number of nitrogens with one attached hydrogen (secondary N) is 1. The summed E-state index contributed by atoms with van der Waals surface area (Å²) in [4.78, 5) is 14.1. The lowest BCUT2D eigenvalue weighted by Gasteiger charge is -2.34. The van der Waals surface area contributed by atoms with Crippen molar-refractivity contribution in [3.63, 3.8) is 0 Å². The van der Waals surface area contributed by atoms with Crippen molar-refractivity contribution in [1.29, 1.82) is 0 Å². The van der Waals surface area contributed by atoms with Crippen molar-refractivity contribution in [3.8, 4) is 11.3 Å². The third-order valence-electron chi connectivity index (χ3n) is 5.04. The van der Waals surface area contributed by atoms with Gasteiger partial charge < -0.3 is 16.0 Å². The van der Waals surface area contributed by atoms with Crippen molar-refractivity contribution in [3.05, 3.63) is 52.7 Å². The lowest BCUT2D eigenvalue weighted by Crippen LogP contribution is -2.49. The molecule has 1 atom stereocenters. The number of hydrogen-bond acceptors (Lipinski definition) is 4. The number of primary amides is 1. The van der Waals surface area contributed by atoms with E-state index in [0.29, 0.717) is 16.6 Å². The smallest absolute Gasteiger partial charge is 0.267 e. The normalized spacial score (nSPS) is 17.4. The summed E-state index contributed by atoms with van der Waals surface area (Å²) in [6, 6.07) is 12.2. The number of rotatable bonds is 3. The molecule has 1 fully saturated rings. The van der Waals surface area contributed by atoms with Crippen molar-refractivity contribution in [2.45, 2.75) is 19.9 Å². The summed E-state index contributed by atoms with van der Waals surface area (Å²) in [6.07, 6.45) is 0. The molecule has 0 aliphatic carbocycles. The van der Waals surface area contributed by atoms with E-state index in [1.807, 2.05) is 12.1 Å². The van der Waals surface area contributed by atoms with E-state index in [1.54, 1.807) is 6.07 Å². The van der Waals surface area contributed by atoms with Gasteiger partial charge in [-0.25, -0.2) is 4.52 Å². The van der Waals surface area contributed by atoms with Gasteiger partial charge in [-0.2, -0.15) is 5.10 Å². The molecule has 0 spiro atoms. The zero-order valence-electron chi connectivity index (χ0n) is 15.4. The van der Waals surface area contributed by atoms with Crippen LogP contribution in [0.25, 0.3) is 16.8 Å². The highest BCUT2D eigenvalue weighted by Gasteiger charge is 2.18. The average molecular weight is 384 g/mol. The molecule has 3 N–H and O–H groups in total. The Labute approximate surface area is 162 Å². The number of nitrogens with two attached hydrogens (primary N) is 1. The largest absolute Gasteiger partial charge is 0.369 e. The molecular weight excluding hydrogens is 362 g/mol. The minimum Gasteiger partial charge on any atom is -0.369 e. The molecule has 1 amide bonds. The van der Waals surface area contributed by atoms with E-state index in [4.69, 9.17) is 17.3 Å². The minimum absolute atomic E-state index is 0.279. The number of fused-ring (bicyclic) bond motifs is 1. The highest BCUT2D eigenvalue weighted by molar-refractivity contribution is 6.34. The van der Waals surface area contributed by atoms with Crippen LogP contribution in [0.5, 0.6) is 0 Å². The van der Waals surface area contributed by atoms with Crippen LogP contribution in [-0.4, -0.2) is 41.2 Å². The highest BCUT2D eigenvalue weighted by Crippen LogP contribution is 2.29. The van der Waals surface area contributed by atoms with E-state index in [0.717, 1.165) is 36.5 Å². The van der Waals surface area contributed by atoms with Gasteiger partial charge >= 0.3 is 0 Å². The van der Waals surface area contributed by atoms with Gasteiger partial charge in [-0.15, -0.1) is 0 Å². The Balaban J connectivity index is 1.73. The molecule has 1 saturated heterocycles. The van der Waals surface area contributed by atoms with Crippen LogP contribution in [0.4, 0.5) is 5.69 Å². The maximum Gasteiger partial charge on any atom is 0.267 e. The molecule has 0 bridgehead atoms. The second-order valence-corrected chi connectivity index (χ2v) is 7.46. The number of halogens is 1. The molecule has 3 aromatic rings. The van der Waals surface area contributed by atoms with Crippen LogP contribution >= 0.6 is 11.6 Å². The second kappa shape index (κ2) is 6.87. The number of aryl methyl sites for hydroxylation is 1. The van der Waals surface area contributed by atoms with E-state index in [1.165, 1.54) is 10.2 Å². The maximum atomic E-state index is 11.7. The van der Waals surface area contributed by atoms with Crippen molar-refractivity contribution in [2.75, 3.05) is 24.5 Å². The van der Waals surface area contributed by atoms with Crippen LogP contribution in [0, 0.1) is 6.92 Å². The Kier molecular flexibility index (Phi) is 4.53. The van der Waals surface area contributed by atoms with Gasteiger partial charge in [0.2, 0.25) is 0 Å². The number of anilines is 1. The SMILES string of the molecule is Cc1cc(N2CCNC(C)C2)ccc1-c1ccc2c(Cl)cc(C(N)=O)n2n1. The summed E-state index contributed by atoms with van der Waals surface area (Å²) in [7, 11) is 0. The monoisotopic (exact) mass is 383 g/mol. The lowest BCUT2D eigenvalue weighted by atomic mass is 10.0. The lowest BCUT2D eigenvalue weighted by molar-refractivity contribution is 0.0994. The summed E-state index contributed by atoms with van der Waals surface area (Å²) in [5, 5.41) is 8.54. The fraction of sp³-hybridized carbons (Fsp3) is 0.300. The first-order valence-corrected chi connectivity index (χ1v) is 9.39. The van der Waals surface area contributed by atoms with Gasteiger partial charge in [0.15, 0.2) is 0 Å². The summed E-state index contributed by atoms with van der Waals surface area (Å²) in [5.74, 6) is -0.554. The number of amides is 1. The van der Waals surface area contributed by atoms with Crippen LogP contribution in [0.2, 0.25) is 5.02 Å². The first kappa shape index (κ1) is 17.8. The zero-order chi connectivity index (χ0) is 19.1. The Morgan fingerprint density at radius 3 is 2.81 bits per heavy atom. The van der Waals surface area contributed by atoms with Gasteiger partial charge in [0, 0.05) is 36.9 Å². The maximum absolute atomic E-state index is 11.7. The van der Waals surface area contributed by atoms with Crippen LogP contribution in [0.1, 0.15) is 23.0 Å². The van der Waals surface area contributed by atoms with Crippen molar-refractivity contribution in [2.24, 2.45) is 5.73 Å². The quantitative estimate of drug-likeness (QED) is 0.729. The minimum atomic E-state index is -0.554. The van der Waals surface area contributed by atoms with E-state index in [2.05, 4.69) is 47.4 Å². The third kappa shape index (κ3) is 3.26. The molecule has 1 unspecified atom stereocenters. The van der Waals surface area contributed by atoms with E-state index in [-0.39, 0.29) is 5.69 Å². The number of piperazine rings is 1. The standard InChI is InChI=1S/C20H22ClN5O/c1-12-9-14(25-8-7-23-13(2)11-25)3-4-15(12)17-5-6-18-16(21)10-19(20(22)27)26(18)24-17/h3-6,9-10,13,23H,7-8,11H2,1-2H3,(H2,22,27). The van der Waals surface area contributed by atoms with Gasteiger partial charge in [0.1, 0.15) is 5.69 Å². The number of carbonyl (C=O) groups excluding carboxylic acids is 1. The molecule has 3 heterocycles. The highest BCUT2D eigenvalue weighted by atomic mass is 35.5. The molecule has 2 aromatic heterocycles. The van der Waals surface area contributed by atoms with Gasteiger partial charge in [-0.05, 0) is 49.7 Å². The molecule has 27 heavy (non-hydrogen) atoms. The molecule has 6 nitrogen and oxygen atoms in total. The summed E-state index contributed by atoms with van der Waals surface area (Å²) in [6.45, 7) is 7.26. The van der Waals surface area contributed by atoms with Crippen LogP contribution in [-0.2, 0) is 0 Å². The van der Waals surface area contributed by atoms with Crippen LogP contribution in [0.15, 0.2) is 36.4 Å². The number of benzene rings is 1. The predicted octanol–water partition coefficient (Wildman–Crippen LogP) is 2.86. The number of nitrogens with zero attached hydrogens (tertiary/aromatic N) is 3. The Morgan fingerprint density at radius 2 is 2.11 bits per heavy atom. The Hall–Kier alpha value is -2.57. The Bertz CT molecular complexity index is 1030. The molecule has 4 rings (SSSR count). The average Bonchev–Trinajstić information content (AvgIpc) is 2.98. The topological polar surface area (TPSA) is 75.7 Å². The van der Waals surface area contributed by atoms with E-state index >= 15 is 0 Å². The van der Waals surface area contributed by atoms with Crippen LogP contribution < -0.4 is 16.0 Å². The van der Waals surface area contributed by atoms with Gasteiger partial charge in [-0.1, -0.05) is 17.7 Å². The molecule has 1 aliphatic rings. The van der Waals surface area contributed by atoms with Crippen molar-refractivity contribution >= 4 is 28.7 Å². The van der Waals surface area contributed by atoms with E-state index < -0.39 is 5.91 Å². The van der Waals surface area contributed by atoms with Gasteiger partial charge in [-0.3, -0.25) is 4.79 Å². The molecule has 1 aromatic carbocycles. The van der Waals surface area contributed by atoms with Crippen molar-refractivity contribution < 1.29 is 4.79 Å². The third-order valence-corrected chi connectivity index (χ3v) is 5.35. The molecule has 1 aliphatic heterocycles. The molecule has 0 radical (unpaired) electrons. The second-order valence-electron chi connectivity index (χ2n) is 7.06. The van der Waals surface area contributed by atoms with E-state index in [9.17, 15) is 4.79 Å². The summed E-state index contributed by atoms with van der Waals surface area (Å²) < 4.78 is 1.52. The van der Waals surface area contributed by atoms with Crippen LogP contribution in [0.3, 0.4) is 0 Å². The van der Waals surface area contributed by atoms with Gasteiger partial charge in [0.25, 0.3) is 5.91 Å². The molecule has 0 saturated carbocycles. The summed E-state index contributed by atoms with van der Waals surface area (Å²) >= 11 is 6.19. The number of aromatic nitrogens is 2. The molecule has 7 heteroatoms. The van der Waals surface area contributed by atoms with Crippen molar-refractivity contribution in [1.82, 2.24) is 14.9 Å². The first-order chi connectivity index (χ1) is 12.9. The molecule has 140 valence electrons. The van der Waals surface area contributed by atoms with Gasteiger partial charge in [0.05, 0.1) is 16.2 Å². The number of hydrogen-bond donors (Lipinski definition) is 2. The fourth-order valence-electron chi connectivity index (χ4n) is 3.66. The summed E-state index contributed by atoms with van der Waals surface area (Å²) in [5.41, 5.74) is 10.5. The number of carbonyl (C=O) groups is 1. The predicted molar refractivity (Wildman–Crippen MR) is 109 cm³/mol. The zero-order valence-corrected chi connectivity index (χ0v) is 16.1. The molecular formula is C20H22ClN5O. The fourth-order valence-corrected chi connectivity index (χ4v) is 3.91. The Morgan fingerprint density at radius 1 is 1.30 bits per heavy atom. The first-order valence-electron chi connectivity index (χ1n) is 9.01.